The summed E-state index contributed by atoms with van der Waals surface area (Å²) < 4.78 is 0. The van der Waals surface area contributed by atoms with Gasteiger partial charge in [-0.25, -0.2) is 5.01 Å². The molecule has 1 unspecified atom stereocenters. The van der Waals surface area contributed by atoms with Crippen molar-refractivity contribution in [3.05, 3.63) is 81.8 Å². The van der Waals surface area contributed by atoms with E-state index in [4.69, 9.17) is 23.2 Å². The Morgan fingerprint density at radius 1 is 1.00 bits per heavy atom. The smallest absolute Gasteiger partial charge is 0.240 e. The average molecular weight is 383 g/mol. The Morgan fingerprint density at radius 3 is 2.50 bits per heavy atom. The number of amides is 1. The van der Waals surface area contributed by atoms with Gasteiger partial charge in [-0.15, -0.1) is 0 Å². The highest BCUT2D eigenvalue weighted by Crippen LogP contribution is 2.35. The lowest BCUT2D eigenvalue weighted by atomic mass is 9.97. The molecule has 3 aromatic carbocycles. The first-order valence-electron chi connectivity index (χ1n) is 8.34. The van der Waals surface area contributed by atoms with E-state index in [1.807, 2.05) is 24.3 Å². The third kappa shape index (κ3) is 3.09. The van der Waals surface area contributed by atoms with E-state index in [0.717, 1.165) is 22.2 Å². The van der Waals surface area contributed by atoms with E-state index >= 15 is 0 Å². The summed E-state index contributed by atoms with van der Waals surface area (Å²) in [5.74, 6) is -0.100. The second kappa shape index (κ2) is 6.75. The summed E-state index contributed by atoms with van der Waals surface area (Å²) in [4.78, 5) is 12.1. The molecule has 1 aliphatic rings. The van der Waals surface area contributed by atoms with Crippen LogP contribution in [0.2, 0.25) is 10.0 Å². The predicted octanol–water partition coefficient (Wildman–Crippen LogP) is 5.84. The predicted molar refractivity (Wildman–Crippen MR) is 107 cm³/mol. The average Bonchev–Trinajstić information content (AvgIpc) is 3.09. The van der Waals surface area contributed by atoms with Crippen LogP contribution in [0.5, 0.6) is 0 Å². The highest BCUT2D eigenvalue weighted by Gasteiger charge is 2.31. The van der Waals surface area contributed by atoms with Crippen molar-refractivity contribution in [2.24, 2.45) is 5.10 Å². The number of carbonyl (C=O) groups is 1. The zero-order valence-electron chi connectivity index (χ0n) is 14.1. The fourth-order valence-electron chi connectivity index (χ4n) is 3.32. The van der Waals surface area contributed by atoms with Gasteiger partial charge in [0.15, 0.2) is 0 Å². The van der Waals surface area contributed by atoms with E-state index in [0.29, 0.717) is 16.5 Å². The summed E-state index contributed by atoms with van der Waals surface area (Å²) >= 11 is 12.2. The number of benzene rings is 3. The maximum atomic E-state index is 12.1. The Bertz CT molecular complexity index is 1050. The van der Waals surface area contributed by atoms with E-state index in [-0.39, 0.29) is 11.9 Å². The van der Waals surface area contributed by atoms with Crippen LogP contribution in [0.3, 0.4) is 0 Å². The van der Waals surface area contributed by atoms with Crippen molar-refractivity contribution in [3.8, 4) is 0 Å². The van der Waals surface area contributed by atoms with E-state index < -0.39 is 0 Å². The molecule has 3 nitrogen and oxygen atoms in total. The van der Waals surface area contributed by atoms with Gasteiger partial charge in [-0.05, 0) is 40.1 Å². The van der Waals surface area contributed by atoms with Gasteiger partial charge in [0.25, 0.3) is 0 Å². The van der Waals surface area contributed by atoms with Crippen LogP contribution in [0, 0.1) is 0 Å². The summed E-state index contributed by atoms with van der Waals surface area (Å²) in [7, 11) is 0. The Balaban J connectivity index is 1.72. The molecule has 0 aliphatic carbocycles. The lowest BCUT2D eigenvalue weighted by molar-refractivity contribution is -0.130. The molecular formula is C21H16Cl2N2O. The molecular weight excluding hydrogens is 367 g/mol. The summed E-state index contributed by atoms with van der Waals surface area (Å²) in [6, 6.07) is 19.7. The number of halogens is 2. The molecule has 1 heterocycles. The van der Waals surface area contributed by atoms with E-state index in [1.54, 1.807) is 6.07 Å². The molecule has 1 atom stereocenters. The molecule has 0 radical (unpaired) electrons. The van der Waals surface area contributed by atoms with Gasteiger partial charge in [0.2, 0.25) is 5.91 Å². The first-order valence-corrected chi connectivity index (χ1v) is 9.10. The van der Waals surface area contributed by atoms with Gasteiger partial charge in [0, 0.05) is 13.3 Å². The number of hydrogen-bond acceptors (Lipinski definition) is 2. The summed E-state index contributed by atoms with van der Waals surface area (Å²) in [6.07, 6.45) is 0.635. The monoisotopic (exact) mass is 382 g/mol. The first kappa shape index (κ1) is 17.1. The van der Waals surface area contributed by atoms with E-state index in [1.165, 1.54) is 17.3 Å². The molecule has 1 amide bonds. The number of hydrazone groups is 1. The molecule has 0 saturated heterocycles. The minimum atomic E-state index is -0.177. The fourth-order valence-corrected chi connectivity index (χ4v) is 3.63. The zero-order chi connectivity index (χ0) is 18.3. The number of carbonyl (C=O) groups excluding carboxylic acids is 1. The van der Waals surface area contributed by atoms with Crippen LogP contribution in [0.15, 0.2) is 65.8 Å². The lowest BCUT2D eigenvalue weighted by Crippen LogP contribution is -2.24. The van der Waals surface area contributed by atoms with Crippen LogP contribution in [-0.2, 0) is 4.79 Å². The third-order valence-electron chi connectivity index (χ3n) is 4.64. The standard InChI is InChI=1S/C21H16Cl2N2O/c1-13(26)25-21(17-8-9-18(22)19(23)11-17)12-20(24-25)16-7-6-14-4-2-3-5-15(14)10-16/h2-11,21H,12H2,1H3. The Hall–Kier alpha value is -2.36. The summed E-state index contributed by atoms with van der Waals surface area (Å²) in [6.45, 7) is 1.53. The molecule has 130 valence electrons. The van der Waals surface area contributed by atoms with Crippen molar-refractivity contribution >= 4 is 45.6 Å². The van der Waals surface area contributed by atoms with Gasteiger partial charge in [0.1, 0.15) is 0 Å². The Kier molecular flexibility index (Phi) is 4.43. The molecule has 0 N–H and O–H groups in total. The first-order chi connectivity index (χ1) is 12.5. The normalized spacial score (nSPS) is 16.8. The van der Waals surface area contributed by atoms with Crippen LogP contribution >= 0.6 is 23.2 Å². The quantitative estimate of drug-likeness (QED) is 0.547. The van der Waals surface area contributed by atoms with Gasteiger partial charge in [-0.3, -0.25) is 4.79 Å². The van der Waals surface area contributed by atoms with Crippen LogP contribution in [-0.4, -0.2) is 16.6 Å². The molecule has 0 fully saturated rings. The second-order valence-corrected chi connectivity index (χ2v) is 7.18. The largest absolute Gasteiger partial charge is 0.273 e. The topological polar surface area (TPSA) is 32.7 Å². The van der Waals surface area contributed by atoms with Gasteiger partial charge < -0.3 is 0 Å². The molecule has 3 aromatic rings. The number of hydrogen-bond donors (Lipinski definition) is 0. The zero-order valence-corrected chi connectivity index (χ0v) is 15.6. The molecule has 0 saturated carbocycles. The van der Waals surface area contributed by atoms with Crippen molar-refractivity contribution in [1.82, 2.24) is 5.01 Å². The van der Waals surface area contributed by atoms with Crippen LogP contribution in [0.1, 0.15) is 30.5 Å². The number of fused-ring (bicyclic) bond motifs is 1. The lowest BCUT2D eigenvalue weighted by Gasteiger charge is -2.20. The molecule has 26 heavy (non-hydrogen) atoms. The number of nitrogens with zero attached hydrogens (tertiary/aromatic N) is 2. The highest BCUT2D eigenvalue weighted by molar-refractivity contribution is 6.42. The van der Waals surface area contributed by atoms with Gasteiger partial charge in [-0.2, -0.15) is 5.10 Å². The maximum Gasteiger partial charge on any atom is 0.240 e. The van der Waals surface area contributed by atoms with Crippen LogP contribution in [0.25, 0.3) is 10.8 Å². The minimum Gasteiger partial charge on any atom is -0.273 e. The molecule has 4 rings (SSSR count). The minimum absolute atomic E-state index is 0.100. The molecule has 0 spiro atoms. The summed E-state index contributed by atoms with van der Waals surface area (Å²) in [5.41, 5.74) is 2.84. The Labute approximate surface area is 161 Å². The van der Waals surface area contributed by atoms with Gasteiger partial charge in [0.05, 0.1) is 21.8 Å². The molecule has 0 aromatic heterocycles. The van der Waals surface area contributed by atoms with Gasteiger partial charge in [-0.1, -0.05) is 65.7 Å². The van der Waals surface area contributed by atoms with Crippen molar-refractivity contribution < 1.29 is 4.79 Å². The fraction of sp³-hybridized carbons (Fsp3) is 0.143. The van der Waals surface area contributed by atoms with Crippen molar-refractivity contribution in [1.29, 1.82) is 0 Å². The van der Waals surface area contributed by atoms with Crippen LogP contribution in [0.4, 0.5) is 0 Å². The van der Waals surface area contributed by atoms with E-state index in [9.17, 15) is 4.79 Å². The van der Waals surface area contributed by atoms with Crippen molar-refractivity contribution in [2.75, 3.05) is 0 Å². The van der Waals surface area contributed by atoms with E-state index in [2.05, 4.69) is 35.4 Å². The molecule has 0 bridgehead atoms. The highest BCUT2D eigenvalue weighted by atomic mass is 35.5. The van der Waals surface area contributed by atoms with Crippen molar-refractivity contribution in [3.63, 3.8) is 0 Å². The maximum absolute atomic E-state index is 12.1. The molecule has 5 heteroatoms. The van der Waals surface area contributed by atoms with Crippen molar-refractivity contribution in [2.45, 2.75) is 19.4 Å². The SMILES string of the molecule is CC(=O)N1N=C(c2ccc3ccccc3c2)CC1c1ccc(Cl)c(Cl)c1. The number of rotatable bonds is 2. The van der Waals surface area contributed by atoms with Gasteiger partial charge >= 0.3 is 0 Å². The third-order valence-corrected chi connectivity index (χ3v) is 5.38. The second-order valence-electron chi connectivity index (χ2n) is 6.37. The molecule has 1 aliphatic heterocycles. The van der Waals surface area contributed by atoms with Crippen LogP contribution < -0.4 is 0 Å². The summed E-state index contributed by atoms with van der Waals surface area (Å²) in [5, 5.41) is 9.44. The Morgan fingerprint density at radius 2 is 1.77 bits per heavy atom.